The van der Waals surface area contributed by atoms with Crippen LogP contribution in [0.15, 0.2) is 61.4 Å². The molecule has 0 aliphatic heterocycles. The minimum atomic E-state index is -0.925. The van der Waals surface area contributed by atoms with E-state index in [2.05, 4.69) is 30.4 Å². The van der Waals surface area contributed by atoms with E-state index in [0.717, 1.165) is 30.0 Å². The van der Waals surface area contributed by atoms with Gasteiger partial charge in [0.2, 0.25) is 0 Å². The van der Waals surface area contributed by atoms with Gasteiger partial charge in [0.25, 0.3) is 0 Å². The van der Waals surface area contributed by atoms with Crippen LogP contribution in [0.1, 0.15) is 37.7 Å². The summed E-state index contributed by atoms with van der Waals surface area (Å²) in [5.74, 6) is -0.586. The zero-order chi connectivity index (χ0) is 25.5. The maximum absolute atomic E-state index is 14.7. The van der Waals surface area contributed by atoms with E-state index >= 15 is 0 Å². The first-order chi connectivity index (χ1) is 18.0. The SMILES string of the molecule is C[C@H](Oc1cc(-c2cnn(C3CC3)c2)cc2ncnc(Nc3ccc(F)c(Cl)c3F)c12)c1ncccn1. The molecule has 1 N–H and O–H groups in total. The number of nitrogens with zero attached hydrogens (tertiary/aromatic N) is 6. The second kappa shape index (κ2) is 9.36. The number of hydrogen-bond donors (Lipinski definition) is 1. The molecule has 0 spiro atoms. The van der Waals surface area contributed by atoms with Gasteiger partial charge in [-0.15, -0.1) is 0 Å². The third kappa shape index (κ3) is 4.55. The monoisotopic (exact) mass is 519 g/mol. The van der Waals surface area contributed by atoms with Gasteiger partial charge in [-0.3, -0.25) is 4.68 Å². The Morgan fingerprint density at radius 2 is 1.89 bits per heavy atom. The predicted molar refractivity (Wildman–Crippen MR) is 135 cm³/mol. The summed E-state index contributed by atoms with van der Waals surface area (Å²) in [7, 11) is 0. The highest BCUT2D eigenvalue weighted by molar-refractivity contribution is 6.31. The fraction of sp³-hybridized carbons (Fsp3) is 0.192. The van der Waals surface area contributed by atoms with Crippen molar-refractivity contribution in [1.82, 2.24) is 29.7 Å². The molecular weight excluding hydrogens is 500 g/mol. The fourth-order valence-corrected chi connectivity index (χ4v) is 4.21. The zero-order valence-electron chi connectivity index (χ0n) is 19.6. The molecule has 6 rings (SSSR count). The Morgan fingerprint density at radius 1 is 1.08 bits per heavy atom. The third-order valence-electron chi connectivity index (χ3n) is 6.10. The molecule has 1 atom stereocenters. The first kappa shape index (κ1) is 23.2. The first-order valence-corrected chi connectivity index (χ1v) is 12.0. The third-order valence-corrected chi connectivity index (χ3v) is 6.45. The molecule has 2 aromatic carbocycles. The summed E-state index contributed by atoms with van der Waals surface area (Å²) < 4.78 is 36.7. The molecule has 1 aliphatic carbocycles. The van der Waals surface area contributed by atoms with Crippen molar-refractivity contribution in [3.05, 3.63) is 83.9 Å². The lowest BCUT2D eigenvalue weighted by molar-refractivity contribution is 0.219. The molecule has 0 unspecified atom stereocenters. The molecular formula is C26H20ClF2N7O. The number of rotatable bonds is 7. The highest BCUT2D eigenvalue weighted by Gasteiger charge is 2.25. The Bertz CT molecular complexity index is 1610. The summed E-state index contributed by atoms with van der Waals surface area (Å²) in [6.07, 6.45) is 10.2. The lowest BCUT2D eigenvalue weighted by Gasteiger charge is -2.18. The van der Waals surface area contributed by atoms with Gasteiger partial charge in [0, 0.05) is 24.2 Å². The van der Waals surface area contributed by atoms with Gasteiger partial charge in [0.05, 0.1) is 28.8 Å². The van der Waals surface area contributed by atoms with Crippen molar-refractivity contribution in [1.29, 1.82) is 0 Å². The van der Waals surface area contributed by atoms with Crippen LogP contribution in [0.3, 0.4) is 0 Å². The predicted octanol–water partition coefficient (Wildman–Crippen LogP) is 6.43. The van der Waals surface area contributed by atoms with E-state index in [9.17, 15) is 8.78 Å². The van der Waals surface area contributed by atoms with Crippen molar-refractivity contribution >= 4 is 34.0 Å². The van der Waals surface area contributed by atoms with E-state index in [4.69, 9.17) is 16.3 Å². The molecule has 1 fully saturated rings. The standard InChI is InChI=1S/C26H20ClF2N7O/c1-14(25-30-7-2-8-31-25)37-21-10-15(16-11-34-36(12-16)17-3-4-17)9-20-22(21)26(33-13-32-20)35-19-6-5-18(28)23(27)24(19)29/h2,5-14,17H,3-4H2,1H3,(H,32,33,35)/t14-/m0/s1. The number of fused-ring (bicyclic) bond motifs is 1. The van der Waals surface area contributed by atoms with Gasteiger partial charge in [-0.1, -0.05) is 11.6 Å². The molecule has 8 nitrogen and oxygen atoms in total. The molecule has 1 saturated carbocycles. The number of hydrogen-bond acceptors (Lipinski definition) is 7. The van der Waals surface area contributed by atoms with Crippen LogP contribution in [-0.4, -0.2) is 29.7 Å². The van der Waals surface area contributed by atoms with Gasteiger partial charge in [0.15, 0.2) is 17.7 Å². The molecule has 186 valence electrons. The Labute approximate surface area is 215 Å². The number of nitrogens with one attached hydrogen (secondary N) is 1. The summed E-state index contributed by atoms with van der Waals surface area (Å²) in [6.45, 7) is 1.83. The average Bonchev–Trinajstić information content (AvgIpc) is 3.65. The topological polar surface area (TPSA) is 90.6 Å². The lowest BCUT2D eigenvalue weighted by Crippen LogP contribution is -2.08. The van der Waals surface area contributed by atoms with Crippen LogP contribution in [0.2, 0.25) is 5.02 Å². The van der Waals surface area contributed by atoms with Crippen molar-refractivity contribution in [3.8, 4) is 16.9 Å². The first-order valence-electron chi connectivity index (χ1n) is 11.7. The van der Waals surface area contributed by atoms with Crippen LogP contribution in [0.25, 0.3) is 22.0 Å². The average molecular weight is 520 g/mol. The van der Waals surface area contributed by atoms with E-state index in [1.54, 1.807) is 18.5 Å². The highest BCUT2D eigenvalue weighted by Crippen LogP contribution is 2.40. The Hall–Kier alpha value is -4.18. The molecule has 0 amide bonds. The van der Waals surface area contributed by atoms with Gasteiger partial charge in [0.1, 0.15) is 28.7 Å². The van der Waals surface area contributed by atoms with E-state index < -0.39 is 22.8 Å². The maximum Gasteiger partial charge on any atom is 0.168 e. The van der Waals surface area contributed by atoms with Crippen LogP contribution < -0.4 is 10.1 Å². The number of halogens is 3. The molecule has 3 aromatic heterocycles. The molecule has 5 aromatic rings. The Balaban J connectivity index is 1.47. The van der Waals surface area contributed by atoms with Crippen LogP contribution in [0, 0.1) is 11.6 Å². The zero-order valence-corrected chi connectivity index (χ0v) is 20.3. The number of aromatic nitrogens is 6. The smallest absolute Gasteiger partial charge is 0.168 e. The molecule has 3 heterocycles. The van der Waals surface area contributed by atoms with E-state index in [0.29, 0.717) is 28.5 Å². The van der Waals surface area contributed by atoms with E-state index in [1.807, 2.05) is 36.1 Å². The summed E-state index contributed by atoms with van der Waals surface area (Å²) in [4.78, 5) is 17.3. The van der Waals surface area contributed by atoms with E-state index in [1.165, 1.54) is 12.4 Å². The second-order valence-corrected chi connectivity index (χ2v) is 9.12. The van der Waals surface area contributed by atoms with E-state index in [-0.39, 0.29) is 11.5 Å². The minimum absolute atomic E-state index is 0.0356. The normalized spacial score (nSPS) is 14.1. The van der Waals surface area contributed by atoms with Crippen molar-refractivity contribution in [2.45, 2.75) is 31.9 Å². The molecule has 0 saturated heterocycles. The summed E-state index contributed by atoms with van der Waals surface area (Å²) in [6, 6.07) is 8.25. The van der Waals surface area contributed by atoms with Crippen LogP contribution in [-0.2, 0) is 0 Å². The summed E-state index contributed by atoms with van der Waals surface area (Å²) in [5.41, 5.74) is 2.27. The van der Waals surface area contributed by atoms with Gasteiger partial charge >= 0.3 is 0 Å². The number of ether oxygens (including phenoxy) is 1. The maximum atomic E-state index is 14.7. The minimum Gasteiger partial charge on any atom is -0.482 e. The van der Waals surface area contributed by atoms with Crippen LogP contribution in [0.5, 0.6) is 5.75 Å². The Morgan fingerprint density at radius 3 is 2.68 bits per heavy atom. The van der Waals surface area contributed by atoms with Gasteiger partial charge < -0.3 is 10.1 Å². The van der Waals surface area contributed by atoms with Gasteiger partial charge in [-0.2, -0.15) is 5.10 Å². The molecule has 0 radical (unpaired) electrons. The molecule has 0 bridgehead atoms. The summed E-state index contributed by atoms with van der Waals surface area (Å²) in [5, 5.41) is 7.31. The molecule has 37 heavy (non-hydrogen) atoms. The number of anilines is 2. The van der Waals surface area contributed by atoms with Crippen molar-refractivity contribution in [2.24, 2.45) is 0 Å². The lowest BCUT2D eigenvalue weighted by atomic mass is 10.1. The van der Waals surface area contributed by atoms with Crippen molar-refractivity contribution in [2.75, 3.05) is 5.32 Å². The second-order valence-electron chi connectivity index (χ2n) is 8.75. The fourth-order valence-electron chi connectivity index (χ4n) is 4.05. The number of benzene rings is 2. The van der Waals surface area contributed by atoms with Gasteiger partial charge in [-0.25, -0.2) is 28.7 Å². The largest absolute Gasteiger partial charge is 0.482 e. The van der Waals surface area contributed by atoms with Gasteiger partial charge in [-0.05, 0) is 55.7 Å². The quantitative estimate of drug-likeness (QED) is 0.248. The summed E-state index contributed by atoms with van der Waals surface area (Å²) >= 11 is 5.78. The van der Waals surface area contributed by atoms with Crippen molar-refractivity contribution in [3.63, 3.8) is 0 Å². The highest BCUT2D eigenvalue weighted by atomic mass is 35.5. The molecule has 1 aliphatic rings. The van der Waals surface area contributed by atoms with Crippen molar-refractivity contribution < 1.29 is 13.5 Å². The Kier molecular flexibility index (Phi) is 5.88. The molecule has 11 heteroatoms. The van der Waals surface area contributed by atoms with Crippen LogP contribution >= 0.6 is 11.6 Å². The van der Waals surface area contributed by atoms with Crippen LogP contribution in [0.4, 0.5) is 20.3 Å².